The molecule has 1 aromatic carbocycles. The van der Waals surface area contributed by atoms with E-state index in [2.05, 4.69) is 22.0 Å². The Kier molecular flexibility index (Phi) is 5.65. The minimum Gasteiger partial charge on any atom is -0.366 e. The van der Waals surface area contributed by atoms with Crippen LogP contribution in [0.3, 0.4) is 0 Å². The fraction of sp³-hybridized carbons (Fsp3) is 0.500. The molecule has 3 aliphatic rings. The van der Waals surface area contributed by atoms with Gasteiger partial charge in [0.15, 0.2) is 0 Å². The van der Waals surface area contributed by atoms with Crippen molar-refractivity contribution >= 4 is 21.4 Å². The monoisotopic (exact) mass is 457 g/mol. The lowest BCUT2D eigenvalue weighted by Gasteiger charge is -2.44. The van der Waals surface area contributed by atoms with E-state index in [4.69, 9.17) is 0 Å². The van der Waals surface area contributed by atoms with E-state index < -0.39 is 9.84 Å². The molecular formula is C24H28FN3O3S. The van der Waals surface area contributed by atoms with E-state index in [0.717, 1.165) is 16.9 Å². The molecule has 2 aliphatic heterocycles. The summed E-state index contributed by atoms with van der Waals surface area (Å²) >= 11 is 0. The summed E-state index contributed by atoms with van der Waals surface area (Å²) in [4.78, 5) is 22.2. The molecule has 3 fully saturated rings. The van der Waals surface area contributed by atoms with Gasteiger partial charge in [-0.15, -0.1) is 0 Å². The van der Waals surface area contributed by atoms with Crippen LogP contribution in [-0.4, -0.2) is 55.3 Å². The number of rotatable bonds is 4. The third kappa shape index (κ3) is 4.51. The second-order valence-electron chi connectivity index (χ2n) is 9.19. The van der Waals surface area contributed by atoms with Gasteiger partial charge in [0, 0.05) is 37.2 Å². The molecule has 1 atom stereocenters. The number of hydrogen-bond acceptors (Lipinski definition) is 5. The number of amides is 1. The van der Waals surface area contributed by atoms with Crippen LogP contribution in [-0.2, 0) is 14.6 Å². The standard InChI is InChI=1S/C24H28FN3O3S/c25-20-5-3-18(4-6-20)23-16-27(21-7-8-22(26-15-21)17-1-2-17)11-12-28(23)24(29)19-9-13-32(30,31)14-10-19/h3-8,15,17,19,23H,1-2,9-14,16H2. The van der Waals surface area contributed by atoms with Gasteiger partial charge in [0.2, 0.25) is 5.91 Å². The molecule has 0 radical (unpaired) electrons. The Morgan fingerprint density at radius 3 is 2.31 bits per heavy atom. The number of halogens is 1. The van der Waals surface area contributed by atoms with Gasteiger partial charge in [-0.1, -0.05) is 12.1 Å². The molecule has 1 unspecified atom stereocenters. The SMILES string of the molecule is O=C(C1CCS(=O)(=O)CC1)N1CCN(c2ccc(C3CC3)nc2)CC1c1ccc(F)cc1. The van der Waals surface area contributed by atoms with Crippen molar-refractivity contribution in [2.24, 2.45) is 5.92 Å². The Bertz CT molecular complexity index is 1070. The van der Waals surface area contributed by atoms with Crippen molar-refractivity contribution in [3.8, 4) is 0 Å². The van der Waals surface area contributed by atoms with Crippen molar-refractivity contribution in [1.82, 2.24) is 9.88 Å². The van der Waals surface area contributed by atoms with Gasteiger partial charge in [-0.05, 0) is 55.5 Å². The van der Waals surface area contributed by atoms with Crippen molar-refractivity contribution in [3.63, 3.8) is 0 Å². The predicted molar refractivity (Wildman–Crippen MR) is 121 cm³/mol. The first-order valence-corrected chi connectivity index (χ1v) is 13.2. The third-order valence-electron chi connectivity index (χ3n) is 6.95. The molecule has 32 heavy (non-hydrogen) atoms. The van der Waals surface area contributed by atoms with Crippen molar-refractivity contribution in [3.05, 3.63) is 59.7 Å². The van der Waals surface area contributed by atoms with Gasteiger partial charge >= 0.3 is 0 Å². The maximum absolute atomic E-state index is 13.6. The fourth-order valence-electron chi connectivity index (χ4n) is 4.83. The maximum Gasteiger partial charge on any atom is 0.226 e. The summed E-state index contributed by atoms with van der Waals surface area (Å²) in [5, 5.41) is 0. The summed E-state index contributed by atoms with van der Waals surface area (Å²) in [6.45, 7) is 1.81. The lowest BCUT2D eigenvalue weighted by atomic mass is 9.96. The van der Waals surface area contributed by atoms with Gasteiger partial charge in [0.05, 0.1) is 29.4 Å². The lowest BCUT2D eigenvalue weighted by molar-refractivity contribution is -0.138. The number of sulfone groups is 1. The molecule has 6 nitrogen and oxygen atoms in total. The molecule has 1 amide bonds. The summed E-state index contributed by atoms with van der Waals surface area (Å²) in [7, 11) is -3.03. The van der Waals surface area contributed by atoms with Crippen LogP contribution >= 0.6 is 0 Å². The number of carbonyl (C=O) groups is 1. The minimum absolute atomic E-state index is 0.0103. The Morgan fingerprint density at radius 1 is 0.969 bits per heavy atom. The highest BCUT2D eigenvalue weighted by atomic mass is 32.2. The van der Waals surface area contributed by atoms with Gasteiger partial charge in [-0.25, -0.2) is 12.8 Å². The molecule has 1 aliphatic carbocycles. The zero-order chi connectivity index (χ0) is 22.3. The van der Waals surface area contributed by atoms with Crippen LogP contribution < -0.4 is 4.90 Å². The van der Waals surface area contributed by atoms with Gasteiger partial charge < -0.3 is 9.80 Å². The average molecular weight is 458 g/mol. The number of nitrogens with zero attached hydrogens (tertiary/aromatic N) is 3. The minimum atomic E-state index is -3.03. The second kappa shape index (κ2) is 8.46. The largest absolute Gasteiger partial charge is 0.366 e. The van der Waals surface area contributed by atoms with E-state index in [-0.39, 0.29) is 35.2 Å². The van der Waals surface area contributed by atoms with E-state index in [0.29, 0.717) is 38.4 Å². The van der Waals surface area contributed by atoms with E-state index >= 15 is 0 Å². The highest BCUT2D eigenvalue weighted by Crippen LogP contribution is 2.39. The molecule has 0 spiro atoms. The predicted octanol–water partition coefficient (Wildman–Crippen LogP) is 3.31. The summed E-state index contributed by atoms with van der Waals surface area (Å²) in [6, 6.07) is 10.3. The number of pyridine rings is 1. The Labute approximate surface area is 188 Å². The summed E-state index contributed by atoms with van der Waals surface area (Å²) in [5.74, 6) is 0.178. The number of anilines is 1. The molecule has 2 aromatic rings. The molecule has 1 aromatic heterocycles. The maximum atomic E-state index is 13.6. The van der Waals surface area contributed by atoms with Gasteiger partial charge in [0.25, 0.3) is 0 Å². The van der Waals surface area contributed by atoms with Crippen LogP contribution in [0.2, 0.25) is 0 Å². The van der Waals surface area contributed by atoms with Crippen LogP contribution in [0.15, 0.2) is 42.6 Å². The Morgan fingerprint density at radius 2 is 1.69 bits per heavy atom. The van der Waals surface area contributed by atoms with Crippen molar-refractivity contribution in [1.29, 1.82) is 0 Å². The number of aromatic nitrogens is 1. The molecular weight excluding hydrogens is 429 g/mol. The second-order valence-corrected chi connectivity index (χ2v) is 11.5. The number of hydrogen-bond donors (Lipinski definition) is 0. The van der Waals surface area contributed by atoms with Crippen molar-refractivity contribution in [2.75, 3.05) is 36.0 Å². The number of piperazine rings is 1. The highest BCUT2D eigenvalue weighted by Gasteiger charge is 2.37. The van der Waals surface area contributed by atoms with E-state index in [1.807, 2.05) is 11.1 Å². The van der Waals surface area contributed by atoms with E-state index in [1.165, 1.54) is 25.0 Å². The first-order valence-electron chi connectivity index (χ1n) is 11.4. The molecule has 5 rings (SSSR count). The van der Waals surface area contributed by atoms with Gasteiger partial charge in [-0.2, -0.15) is 0 Å². The Balaban J connectivity index is 1.37. The van der Waals surface area contributed by atoms with Gasteiger partial charge in [-0.3, -0.25) is 9.78 Å². The third-order valence-corrected chi connectivity index (χ3v) is 8.67. The summed E-state index contributed by atoms with van der Waals surface area (Å²) < 4.78 is 37.2. The summed E-state index contributed by atoms with van der Waals surface area (Å²) in [5.41, 5.74) is 3.05. The van der Waals surface area contributed by atoms with Crippen molar-refractivity contribution in [2.45, 2.75) is 37.6 Å². The van der Waals surface area contributed by atoms with Crippen molar-refractivity contribution < 1.29 is 17.6 Å². The number of carbonyl (C=O) groups excluding carboxylic acids is 1. The van der Waals surface area contributed by atoms with E-state index in [1.54, 1.807) is 12.1 Å². The zero-order valence-corrected chi connectivity index (χ0v) is 18.8. The molecule has 0 N–H and O–H groups in total. The first kappa shape index (κ1) is 21.4. The molecule has 1 saturated carbocycles. The quantitative estimate of drug-likeness (QED) is 0.705. The van der Waals surface area contributed by atoms with E-state index in [9.17, 15) is 17.6 Å². The average Bonchev–Trinajstić information content (AvgIpc) is 3.65. The van der Waals surface area contributed by atoms with Crippen LogP contribution in [0.4, 0.5) is 10.1 Å². The molecule has 8 heteroatoms. The number of benzene rings is 1. The van der Waals surface area contributed by atoms with Crippen LogP contribution in [0, 0.1) is 11.7 Å². The smallest absolute Gasteiger partial charge is 0.226 e. The first-order chi connectivity index (χ1) is 15.4. The zero-order valence-electron chi connectivity index (χ0n) is 18.0. The van der Waals surface area contributed by atoms with Crippen LogP contribution in [0.1, 0.15) is 48.9 Å². The van der Waals surface area contributed by atoms with Crippen LogP contribution in [0.25, 0.3) is 0 Å². The topological polar surface area (TPSA) is 70.6 Å². The molecule has 170 valence electrons. The Hall–Kier alpha value is -2.48. The van der Waals surface area contributed by atoms with Crippen LogP contribution in [0.5, 0.6) is 0 Å². The summed E-state index contributed by atoms with van der Waals surface area (Å²) in [6.07, 6.45) is 5.09. The molecule has 0 bridgehead atoms. The lowest BCUT2D eigenvalue weighted by Crippen LogP contribution is -2.53. The molecule has 3 heterocycles. The highest BCUT2D eigenvalue weighted by molar-refractivity contribution is 7.91. The van der Waals surface area contributed by atoms with Gasteiger partial charge in [0.1, 0.15) is 15.7 Å². The molecule has 2 saturated heterocycles. The fourth-order valence-corrected chi connectivity index (χ4v) is 6.32. The normalized spacial score (nSPS) is 23.8.